The monoisotopic (exact) mass is 460 g/mol. The van der Waals surface area contributed by atoms with Gasteiger partial charge in [0.05, 0.1) is 10.8 Å². The minimum atomic E-state index is -2.94. The second-order valence-electron chi connectivity index (χ2n) is 4.49. The Morgan fingerprint density at radius 1 is 1.32 bits per heavy atom. The highest BCUT2D eigenvalue weighted by Crippen LogP contribution is 2.13. The number of aromatic nitrogens is 1. The van der Waals surface area contributed by atoms with Crippen molar-refractivity contribution in [2.45, 2.75) is 26.7 Å². The normalized spacial score (nSPS) is 11.9. The maximum absolute atomic E-state index is 11.4. The molecule has 0 saturated heterocycles. The van der Waals surface area contributed by atoms with Crippen molar-refractivity contribution >= 4 is 51.1 Å². The maximum Gasteiger partial charge on any atom is 0.191 e. The lowest BCUT2D eigenvalue weighted by molar-refractivity contribution is 0.595. The summed E-state index contributed by atoms with van der Waals surface area (Å²) >= 11 is 1.73. The summed E-state index contributed by atoms with van der Waals surface area (Å²) in [6, 6.07) is 0. The number of hydrogen-bond acceptors (Lipinski definition) is 5. The van der Waals surface area contributed by atoms with Crippen molar-refractivity contribution in [3.05, 3.63) is 16.1 Å². The first kappa shape index (κ1) is 21.6. The third-order valence-corrected chi connectivity index (χ3v) is 5.86. The molecule has 0 fully saturated rings. The molecule has 0 bridgehead atoms. The number of aliphatic imine (C=N–C) groups is 1. The summed E-state index contributed by atoms with van der Waals surface area (Å²) in [6.07, 6.45) is 3.77. The van der Waals surface area contributed by atoms with Crippen LogP contribution in [-0.4, -0.2) is 51.0 Å². The van der Waals surface area contributed by atoms with Crippen molar-refractivity contribution in [1.82, 2.24) is 15.6 Å². The van der Waals surface area contributed by atoms with Gasteiger partial charge in [-0.2, -0.15) is 0 Å². The number of aryl methyl sites for hydroxylation is 1. The molecule has 0 aliphatic heterocycles. The molecule has 9 heteroatoms. The molecule has 128 valence electrons. The molecule has 1 aromatic heterocycles. The Kier molecular flexibility index (Phi) is 11.0. The average molecular weight is 460 g/mol. The number of nitrogens with one attached hydrogen (secondary N) is 2. The Balaban J connectivity index is 0.00000441. The van der Waals surface area contributed by atoms with Gasteiger partial charge in [0.25, 0.3) is 0 Å². The summed E-state index contributed by atoms with van der Waals surface area (Å²) in [5.41, 5.74) is 0. The number of halogens is 1. The Labute approximate surface area is 154 Å². The van der Waals surface area contributed by atoms with Crippen molar-refractivity contribution in [3.8, 4) is 0 Å². The molecule has 1 rings (SSSR count). The van der Waals surface area contributed by atoms with Crippen molar-refractivity contribution in [2.75, 3.05) is 31.6 Å². The molecule has 22 heavy (non-hydrogen) atoms. The van der Waals surface area contributed by atoms with E-state index in [9.17, 15) is 8.42 Å². The number of hydrogen-bond donors (Lipinski definition) is 2. The zero-order chi connectivity index (χ0) is 15.7. The number of rotatable bonds is 8. The molecule has 0 unspecified atom stereocenters. The molecule has 0 spiro atoms. The number of thiazole rings is 1. The lowest BCUT2D eigenvalue weighted by Crippen LogP contribution is -2.40. The van der Waals surface area contributed by atoms with Crippen LogP contribution in [0.5, 0.6) is 0 Å². The lowest BCUT2D eigenvalue weighted by atomic mass is 10.4. The molecule has 6 nitrogen and oxygen atoms in total. The van der Waals surface area contributed by atoms with Crippen LogP contribution in [-0.2, 0) is 22.7 Å². The second-order valence-corrected chi connectivity index (χ2v) is 8.16. The van der Waals surface area contributed by atoms with Gasteiger partial charge in [0.1, 0.15) is 0 Å². The van der Waals surface area contributed by atoms with Crippen LogP contribution in [0.4, 0.5) is 0 Å². The largest absolute Gasteiger partial charge is 0.356 e. The number of sulfone groups is 1. The van der Waals surface area contributed by atoms with Gasteiger partial charge in [0.2, 0.25) is 0 Å². The van der Waals surface area contributed by atoms with Crippen LogP contribution in [0.1, 0.15) is 23.7 Å². The predicted octanol–water partition coefficient (Wildman–Crippen LogP) is 1.47. The fourth-order valence-corrected chi connectivity index (χ4v) is 3.17. The SMILES string of the molecule is CCc1cnc(CCNC(=NC)NCCS(=O)(=O)CC)s1.I. The predicted molar refractivity (Wildman–Crippen MR) is 104 cm³/mol. The standard InChI is InChI=1S/C13H24N4O2S2.HI/c1-4-11-10-17-12(20-11)6-7-15-13(14-3)16-8-9-21(18,19)5-2;/h10H,4-9H2,1-3H3,(H2,14,15,16);1H. The van der Waals surface area contributed by atoms with Gasteiger partial charge < -0.3 is 10.6 Å². The van der Waals surface area contributed by atoms with E-state index in [1.807, 2.05) is 6.20 Å². The van der Waals surface area contributed by atoms with Gasteiger partial charge in [-0.25, -0.2) is 13.4 Å². The molecular formula is C13H25IN4O2S2. The molecular weight excluding hydrogens is 435 g/mol. The fourth-order valence-electron chi connectivity index (χ4n) is 1.60. The minimum absolute atomic E-state index is 0. The van der Waals surface area contributed by atoms with Crippen molar-refractivity contribution in [3.63, 3.8) is 0 Å². The first-order valence-electron chi connectivity index (χ1n) is 7.09. The van der Waals surface area contributed by atoms with Crippen molar-refractivity contribution in [1.29, 1.82) is 0 Å². The van der Waals surface area contributed by atoms with E-state index in [-0.39, 0.29) is 35.5 Å². The molecule has 1 heterocycles. The van der Waals surface area contributed by atoms with E-state index in [2.05, 4.69) is 27.5 Å². The van der Waals surface area contributed by atoms with Crippen LogP contribution < -0.4 is 10.6 Å². The zero-order valence-corrected chi connectivity index (χ0v) is 17.2. The van der Waals surface area contributed by atoms with Crippen LogP contribution >= 0.6 is 35.3 Å². The van der Waals surface area contributed by atoms with Crippen LogP contribution in [0, 0.1) is 0 Å². The second kappa shape index (κ2) is 11.2. The van der Waals surface area contributed by atoms with E-state index < -0.39 is 9.84 Å². The van der Waals surface area contributed by atoms with Crippen molar-refractivity contribution < 1.29 is 8.42 Å². The first-order valence-corrected chi connectivity index (χ1v) is 9.73. The average Bonchev–Trinajstić information content (AvgIpc) is 2.93. The summed E-state index contributed by atoms with van der Waals surface area (Å²) in [5, 5.41) is 7.27. The molecule has 1 aromatic rings. The molecule has 0 atom stereocenters. The van der Waals surface area contributed by atoms with E-state index in [1.54, 1.807) is 25.3 Å². The molecule has 0 radical (unpaired) electrons. The third-order valence-electron chi connectivity index (χ3n) is 2.95. The summed E-state index contributed by atoms with van der Waals surface area (Å²) in [5.74, 6) is 0.912. The van der Waals surface area contributed by atoms with Gasteiger partial charge >= 0.3 is 0 Å². The van der Waals surface area contributed by atoms with Crippen molar-refractivity contribution in [2.24, 2.45) is 4.99 Å². The zero-order valence-electron chi connectivity index (χ0n) is 13.3. The van der Waals surface area contributed by atoms with E-state index >= 15 is 0 Å². The Morgan fingerprint density at radius 2 is 2.00 bits per heavy atom. The molecule has 0 aliphatic rings. The lowest BCUT2D eigenvalue weighted by Gasteiger charge is -2.11. The van der Waals surface area contributed by atoms with Crippen LogP contribution in [0.15, 0.2) is 11.2 Å². The van der Waals surface area contributed by atoms with E-state index in [1.165, 1.54) is 4.88 Å². The van der Waals surface area contributed by atoms with Gasteiger partial charge in [-0.3, -0.25) is 4.99 Å². The Bertz CT molecular complexity index is 558. The van der Waals surface area contributed by atoms with Gasteiger partial charge in [0.15, 0.2) is 15.8 Å². The summed E-state index contributed by atoms with van der Waals surface area (Å²) in [7, 11) is -1.27. The van der Waals surface area contributed by atoms with Gasteiger partial charge in [-0.15, -0.1) is 35.3 Å². The molecule has 2 N–H and O–H groups in total. The molecule has 0 aliphatic carbocycles. The Morgan fingerprint density at radius 3 is 2.55 bits per heavy atom. The van der Waals surface area contributed by atoms with E-state index in [0.717, 1.165) is 24.4 Å². The van der Waals surface area contributed by atoms with Gasteiger partial charge in [-0.05, 0) is 6.42 Å². The summed E-state index contributed by atoms with van der Waals surface area (Å²) in [6.45, 7) is 4.86. The number of nitrogens with zero attached hydrogens (tertiary/aromatic N) is 2. The van der Waals surface area contributed by atoms with E-state index in [0.29, 0.717) is 12.5 Å². The molecule has 0 aromatic carbocycles. The quantitative estimate of drug-likeness (QED) is 0.349. The molecule has 0 saturated carbocycles. The summed E-state index contributed by atoms with van der Waals surface area (Å²) in [4.78, 5) is 9.71. The highest BCUT2D eigenvalue weighted by molar-refractivity contribution is 14.0. The number of guanidine groups is 1. The highest BCUT2D eigenvalue weighted by atomic mass is 127. The summed E-state index contributed by atoms with van der Waals surface area (Å²) < 4.78 is 22.8. The minimum Gasteiger partial charge on any atom is -0.356 e. The smallest absolute Gasteiger partial charge is 0.191 e. The highest BCUT2D eigenvalue weighted by Gasteiger charge is 2.07. The first-order chi connectivity index (χ1) is 10.0. The van der Waals surface area contributed by atoms with Crippen LogP contribution in [0.25, 0.3) is 0 Å². The van der Waals surface area contributed by atoms with Crippen LogP contribution in [0.2, 0.25) is 0 Å². The molecule has 0 amide bonds. The topological polar surface area (TPSA) is 83.4 Å². The van der Waals surface area contributed by atoms with E-state index in [4.69, 9.17) is 0 Å². The maximum atomic E-state index is 11.4. The Hall–Kier alpha value is -0.420. The van der Waals surface area contributed by atoms with Crippen LogP contribution in [0.3, 0.4) is 0 Å². The fraction of sp³-hybridized carbons (Fsp3) is 0.692. The third kappa shape index (κ3) is 8.28. The van der Waals surface area contributed by atoms with Gasteiger partial charge in [-0.1, -0.05) is 13.8 Å². The van der Waals surface area contributed by atoms with Gasteiger partial charge in [0, 0.05) is 43.4 Å².